The summed E-state index contributed by atoms with van der Waals surface area (Å²) in [7, 11) is -0.518. The van der Waals surface area contributed by atoms with Crippen LogP contribution in [0.4, 0.5) is 0 Å². The molecule has 0 heterocycles. The summed E-state index contributed by atoms with van der Waals surface area (Å²) in [4.78, 5) is 0. The number of nitrogens with two attached hydrogens (primary N) is 1. The molecule has 90 valence electrons. The summed E-state index contributed by atoms with van der Waals surface area (Å²) in [5.41, 5.74) is 1.37. The molecule has 0 radical (unpaired) electrons. The molecule has 0 aliphatic rings. The molecule has 0 aromatic heterocycles. The molecule has 0 amide bonds. The highest BCUT2D eigenvalue weighted by Crippen LogP contribution is 2.29. The number of rotatable bonds is 4. The SMILES string of the molecule is COc1cc(CS(N)(=O)=O)cc(OC)c1C. The van der Waals surface area contributed by atoms with E-state index in [0.717, 1.165) is 5.56 Å². The summed E-state index contributed by atoms with van der Waals surface area (Å²) in [6.45, 7) is 1.83. The van der Waals surface area contributed by atoms with E-state index in [9.17, 15) is 8.42 Å². The van der Waals surface area contributed by atoms with Crippen LogP contribution < -0.4 is 14.6 Å². The number of hydrogen-bond acceptors (Lipinski definition) is 4. The lowest BCUT2D eigenvalue weighted by molar-refractivity contribution is 0.388. The zero-order valence-corrected chi connectivity index (χ0v) is 10.3. The van der Waals surface area contributed by atoms with E-state index in [1.54, 1.807) is 12.1 Å². The summed E-state index contributed by atoms with van der Waals surface area (Å²) in [5, 5.41) is 4.98. The molecule has 0 aliphatic heterocycles. The summed E-state index contributed by atoms with van der Waals surface area (Å²) in [6, 6.07) is 3.28. The number of hydrogen-bond donors (Lipinski definition) is 1. The Morgan fingerprint density at radius 1 is 1.19 bits per heavy atom. The van der Waals surface area contributed by atoms with Gasteiger partial charge in [-0.05, 0) is 24.6 Å². The molecule has 0 atom stereocenters. The third kappa shape index (κ3) is 3.11. The van der Waals surface area contributed by atoms with Gasteiger partial charge in [-0.25, -0.2) is 13.6 Å². The van der Waals surface area contributed by atoms with Crippen molar-refractivity contribution in [1.29, 1.82) is 0 Å². The summed E-state index contributed by atoms with van der Waals surface area (Å²) < 4.78 is 32.2. The van der Waals surface area contributed by atoms with Crippen LogP contribution in [0.2, 0.25) is 0 Å². The standard InChI is InChI=1S/C10H15NO4S/c1-7-9(14-2)4-8(5-10(7)15-3)6-16(11,12)13/h4-5H,6H2,1-3H3,(H2,11,12,13). The van der Waals surface area contributed by atoms with Crippen LogP contribution >= 0.6 is 0 Å². The monoisotopic (exact) mass is 245 g/mol. The van der Waals surface area contributed by atoms with Crippen LogP contribution in [0, 0.1) is 6.92 Å². The minimum absolute atomic E-state index is 0.236. The molecular weight excluding hydrogens is 230 g/mol. The molecule has 0 bridgehead atoms. The first-order chi connectivity index (χ1) is 7.37. The highest BCUT2D eigenvalue weighted by Gasteiger charge is 2.12. The van der Waals surface area contributed by atoms with E-state index in [1.807, 2.05) is 6.92 Å². The van der Waals surface area contributed by atoms with Gasteiger partial charge in [-0.15, -0.1) is 0 Å². The van der Waals surface area contributed by atoms with Gasteiger partial charge in [0, 0.05) is 5.56 Å². The highest BCUT2D eigenvalue weighted by molar-refractivity contribution is 7.88. The van der Waals surface area contributed by atoms with Crippen LogP contribution in [0.1, 0.15) is 11.1 Å². The van der Waals surface area contributed by atoms with Gasteiger partial charge in [-0.2, -0.15) is 0 Å². The Morgan fingerprint density at radius 2 is 1.62 bits per heavy atom. The summed E-state index contributed by atoms with van der Waals surface area (Å²) in [5.74, 6) is 0.927. The quantitative estimate of drug-likeness (QED) is 0.851. The van der Waals surface area contributed by atoms with Gasteiger partial charge in [-0.1, -0.05) is 0 Å². The van der Waals surface area contributed by atoms with Crippen LogP contribution in [0.5, 0.6) is 11.5 Å². The third-order valence-corrected chi connectivity index (χ3v) is 2.92. The first kappa shape index (κ1) is 12.8. The first-order valence-electron chi connectivity index (χ1n) is 4.59. The van der Waals surface area contributed by atoms with E-state index < -0.39 is 10.0 Å². The van der Waals surface area contributed by atoms with Crippen molar-refractivity contribution in [1.82, 2.24) is 0 Å². The molecule has 5 nitrogen and oxygen atoms in total. The molecule has 0 saturated heterocycles. The molecule has 1 rings (SSSR count). The zero-order valence-electron chi connectivity index (χ0n) is 9.48. The van der Waals surface area contributed by atoms with E-state index in [2.05, 4.69) is 0 Å². The predicted molar refractivity (Wildman–Crippen MR) is 61.1 cm³/mol. The van der Waals surface area contributed by atoms with Crippen molar-refractivity contribution >= 4 is 10.0 Å². The lowest BCUT2D eigenvalue weighted by atomic mass is 10.1. The maximum atomic E-state index is 11.0. The molecule has 0 unspecified atom stereocenters. The van der Waals surface area contributed by atoms with Gasteiger partial charge in [0.05, 0.1) is 20.0 Å². The fourth-order valence-corrected chi connectivity index (χ4v) is 2.09. The van der Waals surface area contributed by atoms with E-state index in [0.29, 0.717) is 17.1 Å². The van der Waals surface area contributed by atoms with Gasteiger partial charge in [0.15, 0.2) is 0 Å². The molecule has 0 spiro atoms. The smallest absolute Gasteiger partial charge is 0.213 e. The second-order valence-electron chi connectivity index (χ2n) is 3.43. The number of primary sulfonamides is 1. The number of methoxy groups -OCH3 is 2. The van der Waals surface area contributed by atoms with Crippen LogP contribution in [0.15, 0.2) is 12.1 Å². The molecule has 1 aromatic carbocycles. The van der Waals surface area contributed by atoms with Crippen LogP contribution in [0.25, 0.3) is 0 Å². The highest BCUT2D eigenvalue weighted by atomic mass is 32.2. The molecule has 0 aliphatic carbocycles. The maximum absolute atomic E-state index is 11.0. The lowest BCUT2D eigenvalue weighted by Gasteiger charge is -2.12. The molecule has 6 heteroatoms. The van der Waals surface area contributed by atoms with E-state index >= 15 is 0 Å². The Kier molecular flexibility index (Phi) is 3.77. The Hall–Kier alpha value is -1.27. The lowest BCUT2D eigenvalue weighted by Crippen LogP contribution is -2.14. The molecule has 2 N–H and O–H groups in total. The van der Waals surface area contributed by atoms with Crippen molar-refractivity contribution in [3.05, 3.63) is 23.3 Å². The minimum atomic E-state index is -3.55. The van der Waals surface area contributed by atoms with Gasteiger partial charge >= 0.3 is 0 Å². The molecular formula is C10H15NO4S. The third-order valence-electron chi connectivity index (χ3n) is 2.18. The minimum Gasteiger partial charge on any atom is -0.496 e. The van der Waals surface area contributed by atoms with Crippen molar-refractivity contribution < 1.29 is 17.9 Å². The Morgan fingerprint density at radius 3 is 1.94 bits per heavy atom. The van der Waals surface area contributed by atoms with Crippen LogP contribution in [0.3, 0.4) is 0 Å². The second kappa shape index (κ2) is 4.71. The average Bonchev–Trinajstić information content (AvgIpc) is 2.18. The fourth-order valence-electron chi connectivity index (χ4n) is 1.46. The Bertz CT molecular complexity index is 457. The van der Waals surface area contributed by atoms with Crippen molar-refractivity contribution in [2.45, 2.75) is 12.7 Å². The van der Waals surface area contributed by atoms with Crippen molar-refractivity contribution in [2.75, 3.05) is 14.2 Å². The van der Waals surface area contributed by atoms with Gasteiger partial charge in [0.25, 0.3) is 0 Å². The van der Waals surface area contributed by atoms with Gasteiger partial charge < -0.3 is 9.47 Å². The largest absolute Gasteiger partial charge is 0.496 e. The maximum Gasteiger partial charge on any atom is 0.213 e. The molecule has 1 aromatic rings. The Balaban J connectivity index is 3.22. The number of ether oxygens (including phenoxy) is 2. The molecule has 16 heavy (non-hydrogen) atoms. The molecule has 0 saturated carbocycles. The van der Waals surface area contributed by atoms with E-state index in [1.165, 1.54) is 14.2 Å². The number of benzene rings is 1. The Labute approximate surface area is 95.2 Å². The predicted octanol–water partition coefficient (Wildman–Crippen LogP) is 0.801. The summed E-state index contributed by atoms with van der Waals surface area (Å²) >= 11 is 0. The van der Waals surface area contributed by atoms with Gasteiger partial charge in [0.2, 0.25) is 10.0 Å². The van der Waals surface area contributed by atoms with Crippen molar-refractivity contribution in [3.63, 3.8) is 0 Å². The normalized spacial score (nSPS) is 11.2. The first-order valence-corrected chi connectivity index (χ1v) is 6.31. The summed E-state index contributed by atoms with van der Waals surface area (Å²) in [6.07, 6.45) is 0. The van der Waals surface area contributed by atoms with E-state index in [4.69, 9.17) is 14.6 Å². The second-order valence-corrected chi connectivity index (χ2v) is 5.05. The topological polar surface area (TPSA) is 78.6 Å². The van der Waals surface area contributed by atoms with Crippen LogP contribution in [-0.2, 0) is 15.8 Å². The van der Waals surface area contributed by atoms with Gasteiger partial charge in [0.1, 0.15) is 11.5 Å². The van der Waals surface area contributed by atoms with Crippen molar-refractivity contribution in [2.24, 2.45) is 5.14 Å². The fraction of sp³-hybridized carbons (Fsp3) is 0.400. The zero-order chi connectivity index (χ0) is 12.3. The van der Waals surface area contributed by atoms with E-state index in [-0.39, 0.29) is 5.75 Å². The van der Waals surface area contributed by atoms with Crippen LogP contribution in [-0.4, -0.2) is 22.6 Å². The average molecular weight is 245 g/mol. The van der Waals surface area contributed by atoms with Crippen molar-refractivity contribution in [3.8, 4) is 11.5 Å². The molecule has 0 fully saturated rings. The van der Waals surface area contributed by atoms with Gasteiger partial charge in [-0.3, -0.25) is 0 Å². The number of sulfonamides is 1.